The molecule has 1 N–H and O–H groups in total. The topological polar surface area (TPSA) is 41.9 Å². The second-order valence-corrected chi connectivity index (χ2v) is 5.31. The number of rotatable bonds is 7. The quantitative estimate of drug-likeness (QED) is 0.823. The van der Waals surface area contributed by atoms with Crippen LogP contribution < -0.4 is 9.47 Å². The van der Waals surface area contributed by atoms with Crippen LogP contribution in [-0.4, -0.2) is 42.9 Å². The molecule has 0 heterocycles. The number of hydrogen-bond donors (Lipinski definition) is 1. The van der Waals surface area contributed by atoms with Gasteiger partial charge in [-0.05, 0) is 38.1 Å². The Balaban J connectivity index is 2.80. The van der Waals surface area contributed by atoms with Crippen LogP contribution in [0.1, 0.15) is 26.3 Å². The van der Waals surface area contributed by atoms with Crippen LogP contribution in [0.3, 0.4) is 0 Å². The molecule has 0 aliphatic rings. The van der Waals surface area contributed by atoms with Gasteiger partial charge < -0.3 is 14.6 Å². The van der Waals surface area contributed by atoms with Crippen molar-refractivity contribution in [3.05, 3.63) is 23.8 Å². The van der Waals surface area contributed by atoms with Gasteiger partial charge in [0.2, 0.25) is 0 Å². The average molecular weight is 267 g/mol. The fourth-order valence-electron chi connectivity index (χ4n) is 2.06. The molecule has 0 aliphatic heterocycles. The molecule has 0 saturated carbocycles. The molecule has 0 unspecified atom stereocenters. The molecule has 0 bridgehead atoms. The zero-order chi connectivity index (χ0) is 14.5. The molecule has 0 spiro atoms. The van der Waals surface area contributed by atoms with Gasteiger partial charge in [-0.2, -0.15) is 0 Å². The van der Waals surface area contributed by atoms with E-state index in [0.717, 1.165) is 30.2 Å². The van der Waals surface area contributed by atoms with Gasteiger partial charge in [-0.3, -0.25) is 4.90 Å². The number of aliphatic hydroxyl groups is 1. The summed E-state index contributed by atoms with van der Waals surface area (Å²) in [5.41, 5.74) is 0.454. The Hall–Kier alpha value is -1.26. The predicted octanol–water partition coefficient (Wildman–Crippen LogP) is 2.30. The highest BCUT2D eigenvalue weighted by molar-refractivity contribution is 5.42. The highest BCUT2D eigenvalue weighted by Crippen LogP contribution is 2.28. The van der Waals surface area contributed by atoms with Crippen molar-refractivity contribution in [3.63, 3.8) is 0 Å². The number of hydrogen-bond acceptors (Lipinski definition) is 4. The molecule has 0 aliphatic carbocycles. The van der Waals surface area contributed by atoms with Crippen molar-refractivity contribution in [2.24, 2.45) is 0 Å². The van der Waals surface area contributed by atoms with Gasteiger partial charge in [0.25, 0.3) is 0 Å². The third-order valence-electron chi connectivity index (χ3n) is 2.91. The zero-order valence-electron chi connectivity index (χ0n) is 12.6. The van der Waals surface area contributed by atoms with Crippen molar-refractivity contribution in [2.45, 2.75) is 32.9 Å². The Morgan fingerprint density at radius 2 is 1.79 bits per heavy atom. The van der Waals surface area contributed by atoms with E-state index in [2.05, 4.69) is 11.8 Å². The van der Waals surface area contributed by atoms with Crippen molar-refractivity contribution >= 4 is 0 Å². The van der Waals surface area contributed by atoms with Crippen molar-refractivity contribution in [2.75, 3.05) is 27.3 Å². The number of methoxy groups -OCH3 is 2. The lowest BCUT2D eigenvalue weighted by molar-refractivity contribution is 0.0353. The van der Waals surface area contributed by atoms with E-state index in [0.29, 0.717) is 6.54 Å². The fraction of sp³-hybridized carbons (Fsp3) is 0.600. The van der Waals surface area contributed by atoms with Gasteiger partial charge in [-0.1, -0.05) is 13.0 Å². The van der Waals surface area contributed by atoms with Crippen LogP contribution in [0.25, 0.3) is 0 Å². The van der Waals surface area contributed by atoms with Gasteiger partial charge in [-0.25, -0.2) is 0 Å². The molecule has 0 amide bonds. The van der Waals surface area contributed by atoms with Crippen LogP contribution in [0.2, 0.25) is 0 Å². The van der Waals surface area contributed by atoms with Crippen LogP contribution in [-0.2, 0) is 6.54 Å². The number of benzene rings is 1. The van der Waals surface area contributed by atoms with Crippen molar-refractivity contribution in [1.29, 1.82) is 0 Å². The summed E-state index contributed by atoms with van der Waals surface area (Å²) in [7, 11) is 3.26. The van der Waals surface area contributed by atoms with Gasteiger partial charge >= 0.3 is 0 Å². The van der Waals surface area contributed by atoms with Crippen LogP contribution in [0.4, 0.5) is 0 Å². The molecular formula is C15H25NO3. The van der Waals surface area contributed by atoms with E-state index in [9.17, 15) is 5.11 Å². The van der Waals surface area contributed by atoms with Crippen LogP contribution in [0, 0.1) is 0 Å². The molecule has 1 aromatic rings. The van der Waals surface area contributed by atoms with E-state index < -0.39 is 5.60 Å². The smallest absolute Gasteiger partial charge is 0.161 e. The Kier molecular flexibility index (Phi) is 5.63. The van der Waals surface area contributed by atoms with E-state index in [1.54, 1.807) is 14.2 Å². The monoisotopic (exact) mass is 267 g/mol. The summed E-state index contributed by atoms with van der Waals surface area (Å²) < 4.78 is 10.5. The maximum Gasteiger partial charge on any atom is 0.161 e. The molecule has 108 valence electrons. The first kappa shape index (κ1) is 15.8. The summed E-state index contributed by atoms with van der Waals surface area (Å²) in [6.45, 7) is 8.04. The SMILES string of the molecule is CCN(Cc1ccc(OC)c(OC)c1)CC(C)(C)O. The third-order valence-corrected chi connectivity index (χ3v) is 2.91. The molecule has 0 atom stereocenters. The Labute approximate surface area is 115 Å². The minimum Gasteiger partial charge on any atom is -0.493 e. The number of likely N-dealkylation sites (N-methyl/N-ethyl adjacent to an activating group) is 1. The molecule has 1 aromatic carbocycles. The normalized spacial score (nSPS) is 11.7. The van der Waals surface area contributed by atoms with Gasteiger partial charge in [-0.15, -0.1) is 0 Å². The molecular weight excluding hydrogens is 242 g/mol. The largest absolute Gasteiger partial charge is 0.493 e. The molecule has 4 nitrogen and oxygen atoms in total. The highest BCUT2D eigenvalue weighted by atomic mass is 16.5. The summed E-state index contributed by atoms with van der Waals surface area (Å²) >= 11 is 0. The lowest BCUT2D eigenvalue weighted by Gasteiger charge is -2.28. The third kappa shape index (κ3) is 5.09. The first-order chi connectivity index (χ1) is 8.89. The number of nitrogens with zero attached hydrogens (tertiary/aromatic N) is 1. The fourth-order valence-corrected chi connectivity index (χ4v) is 2.06. The molecule has 0 radical (unpaired) electrons. The number of ether oxygens (including phenoxy) is 2. The highest BCUT2D eigenvalue weighted by Gasteiger charge is 2.17. The minimum absolute atomic E-state index is 0.637. The summed E-state index contributed by atoms with van der Waals surface area (Å²) in [6.07, 6.45) is 0. The van der Waals surface area contributed by atoms with Crippen molar-refractivity contribution in [3.8, 4) is 11.5 Å². The first-order valence-corrected chi connectivity index (χ1v) is 6.55. The summed E-state index contributed by atoms with van der Waals surface area (Å²) in [6, 6.07) is 5.91. The molecule has 1 rings (SSSR count). The van der Waals surface area contributed by atoms with Gasteiger partial charge in [0.05, 0.1) is 19.8 Å². The molecule has 4 heteroatoms. The molecule has 0 fully saturated rings. The van der Waals surface area contributed by atoms with E-state index in [4.69, 9.17) is 9.47 Å². The lowest BCUT2D eigenvalue weighted by Crippen LogP contribution is -2.38. The maximum atomic E-state index is 9.89. The standard InChI is InChI=1S/C15H25NO3/c1-6-16(11-15(2,3)17)10-12-7-8-13(18-4)14(9-12)19-5/h7-9,17H,6,10-11H2,1-5H3. The zero-order valence-corrected chi connectivity index (χ0v) is 12.6. The minimum atomic E-state index is -0.688. The summed E-state index contributed by atoms with van der Waals surface area (Å²) in [4.78, 5) is 2.20. The summed E-state index contributed by atoms with van der Waals surface area (Å²) in [5.74, 6) is 1.47. The molecule has 0 saturated heterocycles. The Bertz CT molecular complexity index is 399. The van der Waals surface area contributed by atoms with E-state index in [1.807, 2.05) is 32.0 Å². The molecule has 0 aromatic heterocycles. The lowest BCUT2D eigenvalue weighted by atomic mass is 10.1. The van der Waals surface area contributed by atoms with E-state index in [1.165, 1.54) is 0 Å². The first-order valence-electron chi connectivity index (χ1n) is 6.55. The average Bonchev–Trinajstić information content (AvgIpc) is 2.36. The second kappa shape index (κ2) is 6.78. The van der Waals surface area contributed by atoms with E-state index in [-0.39, 0.29) is 0 Å². The van der Waals surface area contributed by atoms with Crippen molar-refractivity contribution in [1.82, 2.24) is 4.90 Å². The Morgan fingerprint density at radius 1 is 1.16 bits per heavy atom. The van der Waals surface area contributed by atoms with E-state index >= 15 is 0 Å². The Morgan fingerprint density at radius 3 is 2.26 bits per heavy atom. The summed E-state index contributed by atoms with van der Waals surface area (Å²) in [5, 5.41) is 9.89. The van der Waals surface area contributed by atoms with Gasteiger partial charge in [0.1, 0.15) is 0 Å². The van der Waals surface area contributed by atoms with Crippen LogP contribution in [0.5, 0.6) is 11.5 Å². The van der Waals surface area contributed by atoms with Gasteiger partial charge in [0.15, 0.2) is 11.5 Å². The predicted molar refractivity (Wildman–Crippen MR) is 76.8 cm³/mol. The van der Waals surface area contributed by atoms with Crippen LogP contribution in [0.15, 0.2) is 18.2 Å². The van der Waals surface area contributed by atoms with Crippen molar-refractivity contribution < 1.29 is 14.6 Å². The molecule has 19 heavy (non-hydrogen) atoms. The van der Waals surface area contributed by atoms with Crippen LogP contribution >= 0.6 is 0 Å². The van der Waals surface area contributed by atoms with Gasteiger partial charge in [0, 0.05) is 13.1 Å². The second-order valence-electron chi connectivity index (χ2n) is 5.31. The maximum absolute atomic E-state index is 9.89.